The maximum atomic E-state index is 10.4. The van der Waals surface area contributed by atoms with Gasteiger partial charge in [-0.1, -0.05) is 6.92 Å². The van der Waals surface area contributed by atoms with Crippen molar-refractivity contribution in [1.29, 1.82) is 0 Å². The lowest BCUT2D eigenvalue weighted by Crippen LogP contribution is -2.50. The molecule has 1 atom stereocenters. The second-order valence-corrected chi connectivity index (χ2v) is 3.81. The van der Waals surface area contributed by atoms with Gasteiger partial charge in [-0.2, -0.15) is 8.42 Å². The second-order valence-electron chi connectivity index (χ2n) is 2.05. The molecule has 10 heavy (non-hydrogen) atoms. The van der Waals surface area contributed by atoms with Gasteiger partial charge in [0, 0.05) is 0 Å². The Labute approximate surface area is 59.6 Å². The van der Waals surface area contributed by atoms with Crippen LogP contribution >= 0.6 is 0 Å². The maximum absolute atomic E-state index is 10.4. The number of rotatable bonds is 3. The summed E-state index contributed by atoms with van der Waals surface area (Å²) in [5.74, 6) is 0. The summed E-state index contributed by atoms with van der Waals surface area (Å²) in [5.41, 5.74) is 5.09. The quantitative estimate of drug-likeness (QED) is 0.467. The first-order valence-corrected chi connectivity index (χ1v) is 4.18. The van der Waals surface area contributed by atoms with Crippen molar-refractivity contribution in [3.8, 4) is 0 Å². The molecule has 0 saturated heterocycles. The lowest BCUT2D eigenvalue weighted by Gasteiger charge is -2.20. The lowest BCUT2D eigenvalue weighted by atomic mass is 10.2. The van der Waals surface area contributed by atoms with E-state index in [2.05, 4.69) is 0 Å². The molecule has 0 aliphatic carbocycles. The summed E-state index contributed by atoms with van der Waals surface area (Å²) in [6, 6.07) is 0. The summed E-state index contributed by atoms with van der Waals surface area (Å²) in [6.07, 6.45) is -0.0255. The SMILES string of the molecule is CCC(N)(CO)S(=O)(=O)O. The molecule has 0 heterocycles. The Morgan fingerprint density at radius 1 is 1.60 bits per heavy atom. The van der Waals surface area contributed by atoms with Gasteiger partial charge in [0.2, 0.25) is 0 Å². The molecule has 4 N–H and O–H groups in total. The zero-order chi connectivity index (χ0) is 8.41. The molecule has 0 aromatic rings. The molecule has 0 radical (unpaired) electrons. The summed E-state index contributed by atoms with van der Waals surface area (Å²) in [4.78, 5) is -1.90. The van der Waals surface area contributed by atoms with Crippen LogP contribution in [-0.2, 0) is 10.1 Å². The average Bonchev–Trinajstić information content (AvgIpc) is 1.84. The molecule has 0 aliphatic heterocycles. The van der Waals surface area contributed by atoms with E-state index in [0.717, 1.165) is 0 Å². The Kier molecular flexibility index (Phi) is 2.78. The van der Waals surface area contributed by atoms with E-state index in [1.807, 2.05) is 0 Å². The molecule has 0 saturated carbocycles. The summed E-state index contributed by atoms with van der Waals surface area (Å²) in [7, 11) is -4.34. The van der Waals surface area contributed by atoms with Crippen molar-refractivity contribution >= 4 is 10.1 Å². The summed E-state index contributed by atoms with van der Waals surface area (Å²) < 4.78 is 29.2. The van der Waals surface area contributed by atoms with Crippen LogP contribution in [0.1, 0.15) is 13.3 Å². The second kappa shape index (κ2) is 2.83. The molecular formula is C4H11NO4S. The molecular weight excluding hydrogens is 158 g/mol. The highest BCUT2D eigenvalue weighted by Crippen LogP contribution is 2.11. The lowest BCUT2D eigenvalue weighted by molar-refractivity contribution is 0.230. The van der Waals surface area contributed by atoms with Gasteiger partial charge in [0.1, 0.15) is 0 Å². The van der Waals surface area contributed by atoms with Gasteiger partial charge in [0.05, 0.1) is 6.61 Å². The minimum atomic E-state index is -4.34. The summed E-state index contributed by atoms with van der Waals surface area (Å²) in [5, 5.41) is 8.46. The van der Waals surface area contributed by atoms with E-state index in [0.29, 0.717) is 0 Å². The third-order valence-corrected chi connectivity index (χ3v) is 2.83. The van der Waals surface area contributed by atoms with Crippen molar-refractivity contribution in [3.63, 3.8) is 0 Å². The molecule has 0 amide bonds. The van der Waals surface area contributed by atoms with E-state index < -0.39 is 21.6 Å². The predicted molar refractivity (Wildman–Crippen MR) is 35.8 cm³/mol. The third-order valence-electron chi connectivity index (χ3n) is 1.38. The van der Waals surface area contributed by atoms with Gasteiger partial charge < -0.3 is 10.8 Å². The first-order chi connectivity index (χ1) is 4.37. The van der Waals surface area contributed by atoms with Gasteiger partial charge in [-0.3, -0.25) is 4.55 Å². The van der Waals surface area contributed by atoms with Crippen LogP contribution in [0, 0.1) is 0 Å². The third kappa shape index (κ3) is 1.66. The highest BCUT2D eigenvalue weighted by Gasteiger charge is 2.36. The van der Waals surface area contributed by atoms with E-state index in [1.54, 1.807) is 0 Å². The first kappa shape index (κ1) is 9.83. The number of hydrogen-bond donors (Lipinski definition) is 3. The molecule has 62 valence electrons. The zero-order valence-corrected chi connectivity index (χ0v) is 6.43. The van der Waals surface area contributed by atoms with E-state index >= 15 is 0 Å². The van der Waals surface area contributed by atoms with Crippen molar-refractivity contribution in [2.45, 2.75) is 18.2 Å². The average molecular weight is 169 g/mol. The molecule has 1 unspecified atom stereocenters. The molecule has 6 heteroatoms. The fraction of sp³-hybridized carbons (Fsp3) is 1.00. The molecule has 0 bridgehead atoms. The number of nitrogens with two attached hydrogens (primary N) is 1. The van der Waals surface area contributed by atoms with Gasteiger partial charge in [-0.25, -0.2) is 0 Å². The van der Waals surface area contributed by atoms with Crippen molar-refractivity contribution in [2.24, 2.45) is 5.73 Å². The van der Waals surface area contributed by atoms with E-state index in [4.69, 9.17) is 15.4 Å². The van der Waals surface area contributed by atoms with Crippen LogP contribution in [0.2, 0.25) is 0 Å². The Morgan fingerprint density at radius 3 is 2.00 bits per heavy atom. The van der Waals surface area contributed by atoms with Crippen LogP contribution in [0.4, 0.5) is 0 Å². The van der Waals surface area contributed by atoms with Crippen LogP contribution in [0.5, 0.6) is 0 Å². The van der Waals surface area contributed by atoms with Crippen LogP contribution in [0.3, 0.4) is 0 Å². The van der Waals surface area contributed by atoms with Gasteiger partial charge in [0.25, 0.3) is 10.1 Å². The van der Waals surface area contributed by atoms with Gasteiger partial charge in [-0.05, 0) is 6.42 Å². The number of hydrogen-bond acceptors (Lipinski definition) is 4. The van der Waals surface area contributed by atoms with Crippen molar-refractivity contribution in [2.75, 3.05) is 6.61 Å². The standard InChI is InChI=1S/C4H11NO4S/c1-2-4(5,3-6)10(7,8)9/h6H,2-3,5H2,1H3,(H,7,8,9). The van der Waals surface area contributed by atoms with Crippen molar-refractivity contribution < 1.29 is 18.1 Å². The number of aliphatic hydroxyl groups excluding tert-OH is 1. The molecule has 0 spiro atoms. The molecule has 0 aromatic heterocycles. The minimum absolute atomic E-state index is 0.0255. The fourth-order valence-electron chi connectivity index (χ4n) is 0.376. The van der Waals surface area contributed by atoms with Crippen LogP contribution in [0.25, 0.3) is 0 Å². The highest BCUT2D eigenvalue weighted by atomic mass is 32.2. The van der Waals surface area contributed by atoms with Crippen LogP contribution in [-0.4, -0.2) is 29.6 Å². The smallest absolute Gasteiger partial charge is 0.286 e. The van der Waals surface area contributed by atoms with Gasteiger partial charge in [-0.15, -0.1) is 0 Å². The molecule has 0 aromatic carbocycles. The van der Waals surface area contributed by atoms with E-state index in [9.17, 15) is 8.42 Å². The van der Waals surface area contributed by atoms with E-state index in [1.165, 1.54) is 6.92 Å². The van der Waals surface area contributed by atoms with Crippen molar-refractivity contribution in [1.82, 2.24) is 0 Å². The Morgan fingerprint density at radius 2 is 2.00 bits per heavy atom. The van der Waals surface area contributed by atoms with Gasteiger partial charge >= 0.3 is 0 Å². The van der Waals surface area contributed by atoms with Gasteiger partial charge in [0.15, 0.2) is 4.87 Å². The normalized spacial score (nSPS) is 18.4. The Bertz CT molecular complexity index is 193. The van der Waals surface area contributed by atoms with Crippen molar-refractivity contribution in [3.05, 3.63) is 0 Å². The maximum Gasteiger partial charge on any atom is 0.286 e. The predicted octanol–water partition coefficient (Wildman–Crippen LogP) is -1.07. The summed E-state index contributed by atoms with van der Waals surface area (Å²) in [6.45, 7) is 0.687. The first-order valence-electron chi connectivity index (χ1n) is 2.74. The minimum Gasteiger partial charge on any atom is -0.393 e. The Hall–Kier alpha value is -0.170. The zero-order valence-electron chi connectivity index (χ0n) is 5.61. The monoisotopic (exact) mass is 169 g/mol. The number of aliphatic hydroxyl groups is 1. The molecule has 5 nitrogen and oxygen atoms in total. The molecule has 0 aliphatic rings. The highest BCUT2D eigenvalue weighted by molar-refractivity contribution is 7.87. The van der Waals surface area contributed by atoms with Crippen LogP contribution < -0.4 is 5.73 Å². The summed E-state index contributed by atoms with van der Waals surface area (Å²) >= 11 is 0. The fourth-order valence-corrected chi connectivity index (χ4v) is 0.904. The molecule has 0 rings (SSSR count). The molecule has 0 fully saturated rings. The van der Waals surface area contributed by atoms with Crippen LogP contribution in [0.15, 0.2) is 0 Å². The Balaban J connectivity index is 4.68. The van der Waals surface area contributed by atoms with E-state index in [-0.39, 0.29) is 6.42 Å². The largest absolute Gasteiger partial charge is 0.393 e. The topological polar surface area (TPSA) is 101 Å².